The van der Waals surface area contributed by atoms with E-state index in [1.165, 1.54) is 0 Å². The number of carboxylic acids is 1. The molecule has 2 rings (SSSR count). The smallest absolute Gasteiger partial charge is 0.365 e. The number of hydrogen-bond donors (Lipinski definition) is 1. The summed E-state index contributed by atoms with van der Waals surface area (Å²) in [6, 6.07) is 5.13. The number of aromatic carboxylic acids is 1. The van der Waals surface area contributed by atoms with Gasteiger partial charge in [-0.25, -0.2) is 9.78 Å². The third kappa shape index (κ3) is 2.27. The summed E-state index contributed by atoms with van der Waals surface area (Å²) in [4.78, 5) is 14.5. The first-order valence-electron chi connectivity index (χ1n) is 3.46. The second-order valence-corrected chi connectivity index (χ2v) is 3.90. The van der Waals surface area contributed by atoms with Crippen LogP contribution in [0.1, 0.15) is 9.80 Å². The summed E-state index contributed by atoms with van der Waals surface area (Å²) in [6.07, 6.45) is 0. The maximum absolute atomic E-state index is 10.6. The van der Waals surface area contributed by atoms with Crippen LogP contribution in [-0.4, -0.2) is 45.6 Å². The maximum atomic E-state index is 10.6. The minimum atomic E-state index is -1.00. The van der Waals surface area contributed by atoms with Crippen molar-refractivity contribution in [1.29, 1.82) is 0 Å². The first kappa shape index (κ1) is 11.9. The summed E-state index contributed by atoms with van der Waals surface area (Å²) in [5, 5.41) is 9.33. The topological polar surface area (TPSA) is 50.2 Å². The van der Waals surface area contributed by atoms with Crippen LogP contribution in [-0.2, 0) is 0 Å². The van der Waals surface area contributed by atoms with Gasteiger partial charge in [-0.2, -0.15) is 0 Å². The number of thiazole rings is 1. The molecule has 0 aliphatic rings. The minimum Gasteiger partial charge on any atom is -0.476 e. The number of benzene rings is 1. The van der Waals surface area contributed by atoms with Crippen LogP contribution >= 0.6 is 22.9 Å². The molecule has 1 aromatic heterocycles. The van der Waals surface area contributed by atoms with Crippen LogP contribution in [0, 0.1) is 0 Å². The Bertz CT molecular complexity index is 485. The molecular weight excluding hydrogens is 233 g/mol. The van der Waals surface area contributed by atoms with Crippen LogP contribution in [0.5, 0.6) is 0 Å². The van der Waals surface area contributed by atoms with Gasteiger partial charge in [0.1, 0.15) is 0 Å². The number of nitrogens with zero attached hydrogens (tertiary/aromatic N) is 1. The van der Waals surface area contributed by atoms with Gasteiger partial charge in [0.25, 0.3) is 0 Å². The van der Waals surface area contributed by atoms with Crippen molar-refractivity contribution in [3.05, 3.63) is 28.2 Å². The average Bonchev–Trinajstić information content (AvgIpc) is 2.46. The Labute approximate surface area is 111 Å². The molecule has 6 heteroatoms. The van der Waals surface area contributed by atoms with Gasteiger partial charge in [-0.05, 0) is 18.2 Å². The van der Waals surface area contributed by atoms with Crippen molar-refractivity contribution in [2.45, 2.75) is 0 Å². The fraction of sp³-hybridized carbons (Fsp3) is 0. The Morgan fingerprint density at radius 3 is 2.86 bits per heavy atom. The van der Waals surface area contributed by atoms with Gasteiger partial charge >= 0.3 is 5.97 Å². The van der Waals surface area contributed by atoms with Gasteiger partial charge in [-0.1, -0.05) is 11.6 Å². The Balaban J connectivity index is 0.000000980. The largest absolute Gasteiger partial charge is 0.476 e. The standard InChI is InChI=1S/C8H4ClNO2S.Na/c9-4-1-2-6-5(3-4)10-7(13-6)8(11)12;/h1-3H,(H,11,12);. The summed E-state index contributed by atoms with van der Waals surface area (Å²) in [5.74, 6) is -1.00. The van der Waals surface area contributed by atoms with Gasteiger partial charge in [0, 0.05) is 34.6 Å². The van der Waals surface area contributed by atoms with Crippen LogP contribution in [0.15, 0.2) is 18.2 Å². The zero-order valence-corrected chi connectivity index (χ0v) is 10.9. The molecule has 0 saturated heterocycles. The first-order valence-corrected chi connectivity index (χ1v) is 4.65. The number of halogens is 1. The quantitative estimate of drug-likeness (QED) is 0.773. The van der Waals surface area contributed by atoms with Crippen molar-refractivity contribution in [3.63, 3.8) is 0 Å². The number of hydrogen-bond acceptors (Lipinski definition) is 3. The Morgan fingerprint density at radius 2 is 2.21 bits per heavy atom. The summed E-state index contributed by atoms with van der Waals surface area (Å²) >= 11 is 6.87. The zero-order chi connectivity index (χ0) is 9.42. The van der Waals surface area contributed by atoms with Crippen molar-refractivity contribution < 1.29 is 9.90 Å². The van der Waals surface area contributed by atoms with E-state index in [0.717, 1.165) is 16.0 Å². The van der Waals surface area contributed by atoms with Crippen LogP contribution in [0.4, 0.5) is 0 Å². The molecule has 14 heavy (non-hydrogen) atoms. The van der Waals surface area contributed by atoms with Crippen LogP contribution in [0.3, 0.4) is 0 Å². The van der Waals surface area contributed by atoms with E-state index in [4.69, 9.17) is 16.7 Å². The van der Waals surface area contributed by atoms with Crippen LogP contribution < -0.4 is 0 Å². The van der Waals surface area contributed by atoms with Gasteiger partial charge < -0.3 is 5.11 Å². The van der Waals surface area contributed by atoms with E-state index in [0.29, 0.717) is 10.5 Å². The molecule has 2 aromatic rings. The summed E-state index contributed by atoms with van der Waals surface area (Å²) in [6.45, 7) is 0. The molecule has 0 bridgehead atoms. The van der Waals surface area contributed by atoms with Gasteiger partial charge in [-0.3, -0.25) is 0 Å². The molecule has 1 radical (unpaired) electrons. The van der Waals surface area contributed by atoms with E-state index in [9.17, 15) is 4.79 Å². The van der Waals surface area contributed by atoms with Gasteiger partial charge in [0.2, 0.25) is 5.01 Å². The van der Waals surface area contributed by atoms with E-state index in [2.05, 4.69) is 4.98 Å². The Kier molecular flexibility index (Phi) is 3.92. The molecular formula is C8H4ClNNaO2S. The van der Waals surface area contributed by atoms with Gasteiger partial charge in [0.05, 0.1) is 10.2 Å². The normalized spacial score (nSPS) is 9.79. The second kappa shape index (κ2) is 4.59. The van der Waals surface area contributed by atoms with Crippen molar-refractivity contribution in [2.75, 3.05) is 0 Å². The van der Waals surface area contributed by atoms with E-state index in [-0.39, 0.29) is 34.6 Å². The van der Waals surface area contributed by atoms with Crippen molar-refractivity contribution in [1.82, 2.24) is 4.98 Å². The van der Waals surface area contributed by atoms with Crippen molar-refractivity contribution >= 4 is 68.7 Å². The molecule has 1 heterocycles. The zero-order valence-electron chi connectivity index (χ0n) is 7.32. The van der Waals surface area contributed by atoms with Gasteiger partial charge in [-0.15, -0.1) is 11.3 Å². The molecule has 1 aromatic carbocycles. The monoisotopic (exact) mass is 236 g/mol. The van der Waals surface area contributed by atoms with E-state index < -0.39 is 5.97 Å². The van der Waals surface area contributed by atoms with E-state index in [1.54, 1.807) is 18.2 Å². The number of fused-ring (bicyclic) bond motifs is 1. The molecule has 3 nitrogen and oxygen atoms in total. The molecule has 0 aliphatic carbocycles. The first-order chi connectivity index (χ1) is 6.16. The molecule has 0 fully saturated rings. The maximum Gasteiger partial charge on any atom is 0.365 e. The van der Waals surface area contributed by atoms with Crippen molar-refractivity contribution in [2.24, 2.45) is 0 Å². The molecule has 0 unspecified atom stereocenters. The molecule has 67 valence electrons. The molecule has 0 saturated carbocycles. The third-order valence-corrected chi connectivity index (χ3v) is 2.79. The number of aromatic nitrogens is 1. The molecule has 0 spiro atoms. The molecule has 0 atom stereocenters. The Morgan fingerprint density at radius 1 is 1.50 bits per heavy atom. The number of rotatable bonds is 1. The van der Waals surface area contributed by atoms with E-state index >= 15 is 0 Å². The third-order valence-electron chi connectivity index (χ3n) is 1.53. The number of carbonyl (C=O) groups is 1. The van der Waals surface area contributed by atoms with Crippen molar-refractivity contribution in [3.8, 4) is 0 Å². The summed E-state index contributed by atoms with van der Waals surface area (Å²) in [5.41, 5.74) is 0.634. The Hall–Kier alpha value is -0.130. The van der Waals surface area contributed by atoms with E-state index in [1.807, 2.05) is 0 Å². The molecule has 0 amide bonds. The molecule has 0 aliphatic heterocycles. The number of carboxylic acid groups (broad SMARTS) is 1. The second-order valence-electron chi connectivity index (χ2n) is 2.44. The summed E-state index contributed by atoms with van der Waals surface area (Å²) in [7, 11) is 0. The predicted octanol–water partition coefficient (Wildman–Crippen LogP) is 2.27. The van der Waals surface area contributed by atoms with Crippen LogP contribution in [0.2, 0.25) is 5.02 Å². The van der Waals surface area contributed by atoms with Crippen LogP contribution in [0.25, 0.3) is 10.2 Å². The SMILES string of the molecule is O=C(O)c1nc2cc(Cl)ccc2s1.[Na]. The minimum absolute atomic E-state index is 0. The fourth-order valence-electron chi connectivity index (χ4n) is 0.992. The van der Waals surface area contributed by atoms with Gasteiger partial charge in [0.15, 0.2) is 0 Å². The predicted molar refractivity (Wildman–Crippen MR) is 57.3 cm³/mol. The fourth-order valence-corrected chi connectivity index (χ4v) is 1.94. The average molecular weight is 237 g/mol. The summed E-state index contributed by atoms with van der Waals surface area (Å²) < 4.78 is 0.835. The molecule has 1 N–H and O–H groups in total.